The monoisotopic (exact) mass is 214 g/mol. The van der Waals surface area contributed by atoms with Gasteiger partial charge in [0.15, 0.2) is 0 Å². The lowest BCUT2D eigenvalue weighted by Gasteiger charge is -2.07. The first-order chi connectivity index (χ1) is 7.70. The number of hydrogen-bond donors (Lipinski definition) is 3. The Balaban J connectivity index is 2.44. The van der Waals surface area contributed by atoms with Crippen LogP contribution < -0.4 is 11.5 Å². The molecule has 2 aromatic rings. The Hall–Kier alpha value is -2.00. The predicted molar refractivity (Wildman–Crippen MR) is 66.6 cm³/mol. The van der Waals surface area contributed by atoms with Crippen LogP contribution in [0.3, 0.4) is 0 Å². The van der Waals surface area contributed by atoms with Crippen molar-refractivity contribution < 1.29 is 5.11 Å². The van der Waals surface area contributed by atoms with Crippen molar-refractivity contribution >= 4 is 11.4 Å². The zero-order valence-electron chi connectivity index (χ0n) is 8.85. The largest absolute Gasteiger partial charge is 0.399 e. The Labute approximate surface area is 94.3 Å². The Bertz CT molecular complexity index is 492. The van der Waals surface area contributed by atoms with Gasteiger partial charge in [-0.15, -0.1) is 0 Å². The summed E-state index contributed by atoms with van der Waals surface area (Å²) in [5, 5.41) is 8.99. The zero-order valence-corrected chi connectivity index (χ0v) is 8.85. The summed E-state index contributed by atoms with van der Waals surface area (Å²) in [5.74, 6) is 0. The molecule has 0 atom stereocenters. The van der Waals surface area contributed by atoms with Gasteiger partial charge in [0, 0.05) is 16.9 Å². The van der Waals surface area contributed by atoms with Gasteiger partial charge in [0.1, 0.15) is 0 Å². The second-order valence-corrected chi connectivity index (χ2v) is 3.70. The van der Waals surface area contributed by atoms with E-state index in [4.69, 9.17) is 16.6 Å². The molecule has 0 heterocycles. The van der Waals surface area contributed by atoms with Crippen molar-refractivity contribution in [1.82, 2.24) is 0 Å². The van der Waals surface area contributed by atoms with Crippen LogP contribution in [0, 0.1) is 0 Å². The minimum atomic E-state index is 0.00617. The highest BCUT2D eigenvalue weighted by Crippen LogP contribution is 2.27. The first-order valence-corrected chi connectivity index (χ1v) is 5.06. The molecule has 5 N–H and O–H groups in total. The summed E-state index contributed by atoms with van der Waals surface area (Å²) in [5.41, 5.74) is 15.7. The smallest absolute Gasteiger partial charge is 0.0682 e. The van der Waals surface area contributed by atoms with E-state index in [0.29, 0.717) is 5.69 Å². The van der Waals surface area contributed by atoms with Crippen molar-refractivity contribution in [1.29, 1.82) is 0 Å². The van der Waals surface area contributed by atoms with Crippen molar-refractivity contribution in [3.05, 3.63) is 48.0 Å². The summed E-state index contributed by atoms with van der Waals surface area (Å²) < 4.78 is 0. The number of aliphatic hydroxyl groups excluding tert-OH is 1. The number of rotatable bonds is 2. The van der Waals surface area contributed by atoms with E-state index in [1.54, 1.807) is 6.07 Å². The zero-order chi connectivity index (χ0) is 11.5. The van der Waals surface area contributed by atoms with E-state index in [-0.39, 0.29) is 6.61 Å². The third-order valence-corrected chi connectivity index (χ3v) is 2.52. The molecule has 0 bridgehead atoms. The van der Waals surface area contributed by atoms with Gasteiger partial charge in [-0.25, -0.2) is 0 Å². The standard InChI is InChI=1S/C13H14N2O/c14-11-4-2-10(3-5-11)12-6-1-9(8-16)7-13(12)15/h1-7,16H,8,14-15H2. The maximum atomic E-state index is 8.99. The van der Waals surface area contributed by atoms with Gasteiger partial charge in [0.2, 0.25) is 0 Å². The number of nitrogens with two attached hydrogens (primary N) is 2. The minimum absolute atomic E-state index is 0.00617. The highest BCUT2D eigenvalue weighted by molar-refractivity contribution is 5.77. The van der Waals surface area contributed by atoms with Crippen LogP contribution in [0.15, 0.2) is 42.5 Å². The summed E-state index contributed by atoms with van der Waals surface area (Å²) in [6.45, 7) is 0.00617. The van der Waals surface area contributed by atoms with Crippen molar-refractivity contribution in [3.63, 3.8) is 0 Å². The fourth-order valence-electron chi connectivity index (χ4n) is 1.64. The summed E-state index contributed by atoms with van der Waals surface area (Å²) in [6, 6.07) is 13.1. The van der Waals surface area contributed by atoms with Crippen LogP contribution >= 0.6 is 0 Å². The van der Waals surface area contributed by atoms with Gasteiger partial charge in [-0.1, -0.05) is 24.3 Å². The molecule has 3 heteroatoms. The van der Waals surface area contributed by atoms with Gasteiger partial charge in [0.05, 0.1) is 6.61 Å². The van der Waals surface area contributed by atoms with Crippen molar-refractivity contribution in [2.45, 2.75) is 6.61 Å². The van der Waals surface area contributed by atoms with E-state index in [2.05, 4.69) is 0 Å². The quantitative estimate of drug-likeness (QED) is 0.669. The number of anilines is 2. The SMILES string of the molecule is Nc1ccc(-c2ccc(CO)cc2N)cc1. The van der Waals surface area contributed by atoms with Crippen LogP contribution in [0.2, 0.25) is 0 Å². The average molecular weight is 214 g/mol. The van der Waals surface area contributed by atoms with Crippen LogP contribution in [-0.2, 0) is 6.61 Å². The van der Waals surface area contributed by atoms with Crippen molar-refractivity contribution in [2.75, 3.05) is 11.5 Å². The molecule has 0 saturated carbocycles. The third kappa shape index (κ3) is 1.99. The molecule has 0 aliphatic heterocycles. The Morgan fingerprint density at radius 2 is 1.62 bits per heavy atom. The van der Waals surface area contributed by atoms with Crippen molar-refractivity contribution in [3.8, 4) is 11.1 Å². The van der Waals surface area contributed by atoms with E-state index in [1.165, 1.54) is 0 Å². The summed E-state index contributed by atoms with van der Waals surface area (Å²) in [6.07, 6.45) is 0. The maximum absolute atomic E-state index is 8.99. The first kappa shape index (κ1) is 10.5. The topological polar surface area (TPSA) is 72.3 Å². The second-order valence-electron chi connectivity index (χ2n) is 3.70. The fraction of sp³-hybridized carbons (Fsp3) is 0.0769. The highest BCUT2D eigenvalue weighted by Gasteiger charge is 2.03. The second kappa shape index (κ2) is 4.24. The number of benzene rings is 2. The molecule has 82 valence electrons. The number of nitrogen functional groups attached to an aromatic ring is 2. The molecule has 0 unspecified atom stereocenters. The Morgan fingerprint density at radius 3 is 2.19 bits per heavy atom. The minimum Gasteiger partial charge on any atom is -0.399 e. The molecule has 0 saturated heterocycles. The Morgan fingerprint density at radius 1 is 0.938 bits per heavy atom. The molecule has 0 aliphatic carbocycles. The lowest BCUT2D eigenvalue weighted by atomic mass is 10.0. The molecule has 2 aromatic carbocycles. The van der Waals surface area contributed by atoms with Crippen LogP contribution in [0.1, 0.15) is 5.56 Å². The third-order valence-electron chi connectivity index (χ3n) is 2.52. The lowest BCUT2D eigenvalue weighted by molar-refractivity contribution is 0.282. The van der Waals surface area contributed by atoms with E-state index in [9.17, 15) is 0 Å². The molecule has 3 nitrogen and oxygen atoms in total. The molecule has 0 aliphatic rings. The maximum Gasteiger partial charge on any atom is 0.0682 e. The molecule has 0 spiro atoms. The molecule has 0 amide bonds. The molecule has 0 aromatic heterocycles. The summed E-state index contributed by atoms with van der Waals surface area (Å²) in [4.78, 5) is 0. The average Bonchev–Trinajstić information content (AvgIpc) is 2.30. The van der Waals surface area contributed by atoms with E-state index >= 15 is 0 Å². The molecule has 2 rings (SSSR count). The molecular formula is C13H14N2O. The van der Waals surface area contributed by atoms with E-state index in [0.717, 1.165) is 22.4 Å². The van der Waals surface area contributed by atoms with Gasteiger partial charge >= 0.3 is 0 Å². The normalized spacial score (nSPS) is 10.3. The molecule has 0 radical (unpaired) electrons. The lowest BCUT2D eigenvalue weighted by Crippen LogP contribution is -1.93. The van der Waals surface area contributed by atoms with Gasteiger partial charge in [-0.3, -0.25) is 0 Å². The molecule has 0 fully saturated rings. The first-order valence-electron chi connectivity index (χ1n) is 5.06. The van der Waals surface area contributed by atoms with Gasteiger partial charge in [0.25, 0.3) is 0 Å². The van der Waals surface area contributed by atoms with Crippen LogP contribution in [-0.4, -0.2) is 5.11 Å². The molecule has 16 heavy (non-hydrogen) atoms. The summed E-state index contributed by atoms with van der Waals surface area (Å²) in [7, 11) is 0. The van der Waals surface area contributed by atoms with Crippen LogP contribution in [0.4, 0.5) is 11.4 Å². The van der Waals surface area contributed by atoms with Crippen LogP contribution in [0.5, 0.6) is 0 Å². The van der Waals surface area contributed by atoms with Gasteiger partial charge in [-0.2, -0.15) is 0 Å². The van der Waals surface area contributed by atoms with E-state index in [1.807, 2.05) is 36.4 Å². The summed E-state index contributed by atoms with van der Waals surface area (Å²) >= 11 is 0. The van der Waals surface area contributed by atoms with E-state index < -0.39 is 0 Å². The van der Waals surface area contributed by atoms with Gasteiger partial charge < -0.3 is 16.6 Å². The van der Waals surface area contributed by atoms with Gasteiger partial charge in [-0.05, 0) is 29.3 Å². The molecular weight excluding hydrogens is 200 g/mol. The van der Waals surface area contributed by atoms with Crippen LogP contribution in [0.25, 0.3) is 11.1 Å². The predicted octanol–water partition coefficient (Wildman–Crippen LogP) is 2.01. The van der Waals surface area contributed by atoms with Crippen molar-refractivity contribution in [2.24, 2.45) is 0 Å². The Kier molecular flexibility index (Phi) is 2.79. The number of aliphatic hydroxyl groups is 1. The number of hydrogen-bond acceptors (Lipinski definition) is 3. The highest BCUT2D eigenvalue weighted by atomic mass is 16.3. The fourth-order valence-corrected chi connectivity index (χ4v) is 1.64.